The van der Waals surface area contributed by atoms with Crippen molar-refractivity contribution in [3.8, 4) is 11.5 Å². The summed E-state index contributed by atoms with van der Waals surface area (Å²) in [6, 6.07) is 24.2. The largest absolute Gasteiger partial charge is 0.457 e. The Morgan fingerprint density at radius 3 is 2.23 bits per heavy atom. The first-order chi connectivity index (χ1) is 12.7. The van der Waals surface area contributed by atoms with Crippen molar-refractivity contribution in [2.75, 3.05) is 5.32 Å². The van der Waals surface area contributed by atoms with Gasteiger partial charge in [0, 0.05) is 16.4 Å². The van der Waals surface area contributed by atoms with Crippen LogP contribution in [0.4, 0.5) is 10.5 Å². The van der Waals surface area contributed by atoms with Crippen molar-refractivity contribution in [1.29, 1.82) is 0 Å². The Morgan fingerprint density at radius 2 is 1.50 bits per heavy atom. The summed E-state index contributed by atoms with van der Waals surface area (Å²) in [6.45, 7) is 0. The molecule has 5 heteroatoms. The number of amides is 2. The molecule has 3 aromatic rings. The lowest BCUT2D eigenvalue weighted by atomic mass is 10.2. The van der Waals surface area contributed by atoms with Crippen LogP contribution in [0.5, 0.6) is 11.5 Å². The number of carbonyl (C=O) groups excluding carboxylic acids is 1. The second kappa shape index (κ2) is 8.87. The number of para-hydroxylation sites is 1. The maximum absolute atomic E-state index is 11.9. The van der Waals surface area contributed by atoms with Crippen molar-refractivity contribution in [1.82, 2.24) is 5.32 Å². The van der Waals surface area contributed by atoms with E-state index in [1.165, 1.54) is 0 Å². The summed E-state index contributed by atoms with van der Waals surface area (Å²) in [7, 11) is 0. The molecule has 2 N–H and O–H groups in total. The van der Waals surface area contributed by atoms with Crippen LogP contribution in [0.3, 0.4) is 0 Å². The smallest absolute Gasteiger partial charge is 0.323 e. The molecule has 0 saturated carbocycles. The standard InChI is InChI=1S/C21H17BrN2O2/c22-20-9-5-4-6-16(20)14-15-23-21(25)24-17-10-12-19(13-11-17)26-18-7-2-1-3-8-18/h1-15H,(H2,23,24,25)/b15-14+. The fourth-order valence-electron chi connectivity index (χ4n) is 2.22. The van der Waals surface area contributed by atoms with Crippen molar-refractivity contribution in [2.24, 2.45) is 0 Å². The number of urea groups is 1. The molecule has 2 amide bonds. The molecule has 4 nitrogen and oxygen atoms in total. The number of nitrogens with one attached hydrogen (secondary N) is 2. The van der Waals surface area contributed by atoms with Gasteiger partial charge in [-0.1, -0.05) is 52.3 Å². The van der Waals surface area contributed by atoms with Crippen LogP contribution in [-0.4, -0.2) is 6.03 Å². The van der Waals surface area contributed by atoms with Crippen LogP contribution in [0.15, 0.2) is 89.5 Å². The van der Waals surface area contributed by atoms with E-state index in [-0.39, 0.29) is 6.03 Å². The third kappa shape index (κ3) is 5.22. The van der Waals surface area contributed by atoms with Crippen LogP contribution in [-0.2, 0) is 0 Å². The average Bonchev–Trinajstić information content (AvgIpc) is 2.66. The Bertz CT molecular complexity index is 893. The Kier molecular flexibility index (Phi) is 6.06. The highest BCUT2D eigenvalue weighted by atomic mass is 79.9. The molecule has 0 atom stereocenters. The zero-order valence-corrected chi connectivity index (χ0v) is 15.4. The SMILES string of the molecule is O=C(N/C=C/c1ccccc1Br)Nc1ccc(Oc2ccccc2)cc1. The van der Waals surface area contributed by atoms with Gasteiger partial charge in [0.2, 0.25) is 0 Å². The summed E-state index contributed by atoms with van der Waals surface area (Å²) in [5, 5.41) is 5.44. The predicted molar refractivity (Wildman–Crippen MR) is 108 cm³/mol. The molecule has 0 spiro atoms. The predicted octanol–water partition coefficient (Wildman–Crippen LogP) is 6.03. The highest BCUT2D eigenvalue weighted by molar-refractivity contribution is 9.10. The summed E-state index contributed by atoms with van der Waals surface area (Å²) in [6.07, 6.45) is 3.42. The molecule has 3 aromatic carbocycles. The molecule has 130 valence electrons. The molecule has 0 fully saturated rings. The first kappa shape index (κ1) is 17.8. The third-order valence-electron chi connectivity index (χ3n) is 3.47. The van der Waals surface area contributed by atoms with E-state index in [9.17, 15) is 4.79 Å². The molecular weight excluding hydrogens is 392 g/mol. The minimum absolute atomic E-state index is 0.315. The molecule has 0 radical (unpaired) electrons. The molecule has 26 heavy (non-hydrogen) atoms. The van der Waals surface area contributed by atoms with Gasteiger partial charge in [-0.05, 0) is 54.1 Å². The van der Waals surface area contributed by atoms with Gasteiger partial charge in [0.1, 0.15) is 11.5 Å². The Morgan fingerprint density at radius 1 is 0.846 bits per heavy atom. The lowest BCUT2D eigenvalue weighted by Gasteiger charge is -2.08. The number of ether oxygens (including phenoxy) is 1. The zero-order chi connectivity index (χ0) is 18.2. The van der Waals surface area contributed by atoms with Crippen LogP contribution < -0.4 is 15.4 Å². The Balaban J connectivity index is 1.52. The lowest BCUT2D eigenvalue weighted by Crippen LogP contribution is -2.23. The number of carbonyl (C=O) groups is 1. The molecule has 0 bridgehead atoms. The third-order valence-corrected chi connectivity index (χ3v) is 4.20. The quantitative estimate of drug-likeness (QED) is 0.540. The minimum Gasteiger partial charge on any atom is -0.457 e. The summed E-state index contributed by atoms with van der Waals surface area (Å²) >= 11 is 3.46. The summed E-state index contributed by atoms with van der Waals surface area (Å²) in [5.74, 6) is 1.47. The first-order valence-electron chi connectivity index (χ1n) is 8.02. The van der Waals surface area contributed by atoms with Crippen molar-refractivity contribution in [3.63, 3.8) is 0 Å². The maximum Gasteiger partial charge on any atom is 0.323 e. The van der Waals surface area contributed by atoms with Gasteiger partial charge in [0.25, 0.3) is 0 Å². The van der Waals surface area contributed by atoms with Gasteiger partial charge >= 0.3 is 6.03 Å². The van der Waals surface area contributed by atoms with Gasteiger partial charge in [0.15, 0.2) is 0 Å². The van der Waals surface area contributed by atoms with Gasteiger partial charge in [-0.2, -0.15) is 0 Å². The van der Waals surface area contributed by atoms with Crippen molar-refractivity contribution in [2.45, 2.75) is 0 Å². The van der Waals surface area contributed by atoms with E-state index in [1.54, 1.807) is 30.5 Å². The van der Waals surface area contributed by atoms with Gasteiger partial charge < -0.3 is 15.4 Å². The monoisotopic (exact) mass is 408 g/mol. The second-order valence-electron chi connectivity index (χ2n) is 5.39. The van der Waals surface area contributed by atoms with E-state index in [2.05, 4.69) is 26.6 Å². The number of hydrogen-bond donors (Lipinski definition) is 2. The van der Waals surface area contributed by atoms with Crippen LogP contribution >= 0.6 is 15.9 Å². The van der Waals surface area contributed by atoms with Crippen molar-refractivity contribution >= 4 is 33.7 Å². The van der Waals surface area contributed by atoms with Crippen LogP contribution in [0.25, 0.3) is 6.08 Å². The second-order valence-corrected chi connectivity index (χ2v) is 6.25. The van der Waals surface area contributed by atoms with Crippen molar-refractivity contribution < 1.29 is 9.53 Å². The molecule has 0 heterocycles. The van der Waals surface area contributed by atoms with Crippen molar-refractivity contribution in [3.05, 3.63) is 95.1 Å². The Labute approximate surface area is 160 Å². The van der Waals surface area contributed by atoms with E-state index in [4.69, 9.17) is 4.74 Å². The number of anilines is 1. The average molecular weight is 409 g/mol. The highest BCUT2D eigenvalue weighted by Gasteiger charge is 2.01. The summed E-state index contributed by atoms with van der Waals surface area (Å²) in [4.78, 5) is 11.9. The van der Waals surface area contributed by atoms with E-state index < -0.39 is 0 Å². The molecule has 3 rings (SSSR count). The molecule has 0 aliphatic heterocycles. The summed E-state index contributed by atoms with van der Waals surface area (Å²) < 4.78 is 6.68. The number of rotatable bonds is 5. The van der Waals surface area contributed by atoms with Gasteiger partial charge in [0.05, 0.1) is 0 Å². The first-order valence-corrected chi connectivity index (χ1v) is 8.81. The number of halogens is 1. The fourth-order valence-corrected chi connectivity index (χ4v) is 2.63. The van der Waals surface area contributed by atoms with E-state index in [1.807, 2.05) is 60.7 Å². The number of benzene rings is 3. The lowest BCUT2D eigenvalue weighted by molar-refractivity contribution is 0.255. The maximum atomic E-state index is 11.9. The Hall–Kier alpha value is -3.05. The van der Waals surface area contributed by atoms with Crippen LogP contribution in [0.1, 0.15) is 5.56 Å². The molecule has 0 saturated heterocycles. The summed E-state index contributed by atoms with van der Waals surface area (Å²) in [5.41, 5.74) is 1.66. The normalized spacial score (nSPS) is 10.5. The molecule has 0 aliphatic rings. The zero-order valence-electron chi connectivity index (χ0n) is 13.9. The highest BCUT2D eigenvalue weighted by Crippen LogP contribution is 2.22. The van der Waals surface area contributed by atoms with Crippen LogP contribution in [0.2, 0.25) is 0 Å². The van der Waals surface area contributed by atoms with E-state index >= 15 is 0 Å². The van der Waals surface area contributed by atoms with E-state index in [0.29, 0.717) is 11.4 Å². The van der Waals surface area contributed by atoms with Gasteiger partial charge in [-0.25, -0.2) is 4.79 Å². The molecular formula is C21H17BrN2O2. The topological polar surface area (TPSA) is 50.4 Å². The minimum atomic E-state index is -0.315. The van der Waals surface area contributed by atoms with Gasteiger partial charge in [-0.15, -0.1) is 0 Å². The molecule has 0 unspecified atom stereocenters. The number of hydrogen-bond acceptors (Lipinski definition) is 2. The van der Waals surface area contributed by atoms with Gasteiger partial charge in [-0.3, -0.25) is 0 Å². The molecule has 0 aromatic heterocycles. The molecule has 0 aliphatic carbocycles. The van der Waals surface area contributed by atoms with E-state index in [0.717, 1.165) is 15.8 Å². The fraction of sp³-hybridized carbons (Fsp3) is 0. The van der Waals surface area contributed by atoms with Crippen LogP contribution in [0, 0.1) is 0 Å².